The van der Waals surface area contributed by atoms with Gasteiger partial charge in [-0.05, 0) is 5.56 Å². The van der Waals surface area contributed by atoms with Gasteiger partial charge in [0.15, 0.2) is 5.62 Å². The van der Waals surface area contributed by atoms with E-state index in [4.69, 9.17) is 4.79 Å². The van der Waals surface area contributed by atoms with Gasteiger partial charge in [0, 0.05) is 0 Å². The van der Waals surface area contributed by atoms with Gasteiger partial charge < -0.3 is 0 Å². The normalized spacial score (nSPS) is 7.47. The number of rotatable bonds is 2. The van der Waals surface area contributed by atoms with E-state index >= 15 is 0 Å². The molecule has 0 spiro atoms. The van der Waals surface area contributed by atoms with Crippen LogP contribution in [-0.2, 0) is 15.3 Å². The molecule has 1 aromatic rings. The summed E-state index contributed by atoms with van der Waals surface area (Å²) in [6, 6.07) is 10.0. The van der Waals surface area contributed by atoms with Crippen molar-refractivity contribution in [3.05, 3.63) is 42.5 Å². The van der Waals surface area contributed by atoms with Crippen LogP contribution < -0.4 is 5.43 Å². The highest BCUT2D eigenvalue weighted by atomic mass is 32.2. The third-order valence-corrected chi connectivity index (χ3v) is 1.59. The lowest BCUT2D eigenvalue weighted by Crippen LogP contribution is -2.06. The highest BCUT2D eigenvalue weighted by molar-refractivity contribution is 7.96. The monoisotopic (exact) mass is 320 g/mol. The van der Waals surface area contributed by atoms with Crippen LogP contribution in [0.15, 0.2) is 41.4 Å². The summed E-state index contributed by atoms with van der Waals surface area (Å²) in [7, 11) is -2.59. The molecule has 1 rings (SSSR count). The van der Waals surface area contributed by atoms with E-state index in [1.807, 2.05) is 36.4 Å². The Morgan fingerprint density at radius 3 is 2.00 bits per heavy atom. The first-order valence-electron chi connectivity index (χ1n) is 4.52. The van der Waals surface area contributed by atoms with Crippen molar-refractivity contribution in [3.8, 4) is 0 Å². The molecule has 104 valence electrons. The molecule has 0 aliphatic carbocycles. The van der Waals surface area contributed by atoms with Gasteiger partial charge >= 0.3 is 10.5 Å². The molecule has 1 N–H and O–H groups in total. The summed E-state index contributed by atoms with van der Waals surface area (Å²) < 4.78 is 21.5. The van der Waals surface area contributed by atoms with E-state index in [1.165, 1.54) is 5.56 Å². The van der Waals surface area contributed by atoms with Gasteiger partial charge in [0.1, 0.15) is 0 Å². The number of benzene rings is 1. The molecule has 0 radical (unpaired) electrons. The summed E-state index contributed by atoms with van der Waals surface area (Å²) in [4.78, 5) is 18.4. The third-order valence-electron chi connectivity index (χ3n) is 1.25. The molecule has 9 heteroatoms. The molecule has 0 saturated carbocycles. The number of nitrogens with zero attached hydrogens (tertiary/aromatic N) is 1. The van der Waals surface area contributed by atoms with E-state index in [-0.39, 0.29) is 0 Å². The highest BCUT2D eigenvalue weighted by Crippen LogP contribution is 1.97. The maximum Gasteiger partial charge on any atom is 0.333 e. The average Bonchev–Trinajstić information content (AvgIpc) is 2.39. The third kappa shape index (κ3) is 19.0. The summed E-state index contributed by atoms with van der Waals surface area (Å²) in [5.41, 5.74) is 3.20. The van der Waals surface area contributed by atoms with Crippen molar-refractivity contribution in [1.82, 2.24) is 5.43 Å². The quantitative estimate of drug-likeness (QED) is 0.442. The lowest BCUT2D eigenvalue weighted by atomic mass is 10.2. The molecule has 0 aliphatic heterocycles. The number of hydrogen-bond donors (Lipinski definition) is 3. The Kier molecular flexibility index (Phi) is 15.1. The Morgan fingerprint density at radius 1 is 1.32 bits per heavy atom. The zero-order chi connectivity index (χ0) is 15.1. The molecule has 0 aromatic heterocycles. The van der Waals surface area contributed by atoms with E-state index < -0.39 is 15.7 Å². The molecular weight excluding hydrogens is 308 g/mol. The van der Waals surface area contributed by atoms with E-state index in [9.17, 15) is 13.2 Å². The van der Waals surface area contributed by atoms with E-state index in [2.05, 4.69) is 36.3 Å². The van der Waals surface area contributed by atoms with Crippen molar-refractivity contribution in [3.63, 3.8) is 0 Å². The Balaban J connectivity index is 0. The molecular formula is C10H12N2O4S3. The van der Waals surface area contributed by atoms with Gasteiger partial charge in [0.2, 0.25) is 0 Å². The molecule has 19 heavy (non-hydrogen) atoms. The maximum absolute atomic E-state index is 9.73. The average molecular weight is 320 g/mol. The molecule has 0 bridgehead atoms. The summed E-state index contributed by atoms with van der Waals surface area (Å²) in [5, 5.41) is -0.811. The molecule has 0 saturated heterocycles. The van der Waals surface area contributed by atoms with Crippen LogP contribution in [0.3, 0.4) is 0 Å². The second kappa shape index (κ2) is 14.5. The largest absolute Gasteiger partial charge is 0.333 e. The summed E-state index contributed by atoms with van der Waals surface area (Å²) in [5.74, 6) is 0. The number of carbonyl (C=O) groups is 2. The van der Waals surface area contributed by atoms with E-state index in [0.29, 0.717) is 5.62 Å². The Labute approximate surface area is 123 Å². The van der Waals surface area contributed by atoms with Gasteiger partial charge in [-0.25, -0.2) is 5.43 Å². The van der Waals surface area contributed by atoms with Crippen LogP contribution in [0.5, 0.6) is 0 Å². The molecule has 0 fully saturated rings. The minimum absolute atomic E-state index is 0.444. The smallest absolute Gasteiger partial charge is 0.291 e. The molecule has 1 amide bonds. The minimum atomic E-state index is -2.59. The minimum Gasteiger partial charge on any atom is -0.291 e. The number of nitrogens with one attached hydrogen (secondary N) is 1. The van der Waals surface area contributed by atoms with Crippen molar-refractivity contribution < 1.29 is 18.0 Å². The van der Waals surface area contributed by atoms with Gasteiger partial charge in [-0.2, -0.15) is 8.42 Å². The van der Waals surface area contributed by atoms with Crippen LogP contribution in [0, 0.1) is 0 Å². The number of carbonyl (C=O) groups excluding carboxylic acids is 2. The predicted octanol–water partition coefficient (Wildman–Crippen LogP) is 2.04. The standard InChI is InChI=1S/C8H8.CH2N2O3S2.CH2OS/c1-2-8-6-4-3-5-7-8;4-1(7)2-3-8(5)6;2-1-3/h2-7H,1H2;(H2,2,4,7);1H,(H,2,3). The second-order valence-electron chi connectivity index (χ2n) is 2.45. The van der Waals surface area contributed by atoms with Gasteiger partial charge in [0.25, 0.3) is 5.24 Å². The van der Waals surface area contributed by atoms with Crippen LogP contribution in [0.1, 0.15) is 5.56 Å². The topological polar surface area (TPSA) is 92.7 Å². The van der Waals surface area contributed by atoms with Crippen molar-refractivity contribution >= 4 is 52.7 Å². The first kappa shape index (κ1) is 19.8. The number of hydrogen-bond acceptors (Lipinski definition) is 5. The molecule has 1 aromatic carbocycles. The van der Waals surface area contributed by atoms with Crippen LogP contribution in [0.2, 0.25) is 0 Å². The molecule has 0 heterocycles. The predicted molar refractivity (Wildman–Crippen MR) is 81.1 cm³/mol. The first-order valence-corrected chi connectivity index (χ1v) is 6.51. The fourth-order valence-electron chi connectivity index (χ4n) is 0.665. The summed E-state index contributed by atoms with van der Waals surface area (Å²) in [6.07, 6.45) is 1.83. The molecule has 0 atom stereocenters. The van der Waals surface area contributed by atoms with Gasteiger partial charge in [-0.15, -0.1) is 12.6 Å². The Bertz CT molecular complexity index is 507. The van der Waals surface area contributed by atoms with Crippen molar-refractivity contribution in [1.29, 1.82) is 0 Å². The van der Waals surface area contributed by atoms with E-state index in [0.717, 1.165) is 0 Å². The van der Waals surface area contributed by atoms with Crippen molar-refractivity contribution in [2.24, 2.45) is 4.47 Å². The molecule has 6 nitrogen and oxygen atoms in total. The summed E-state index contributed by atoms with van der Waals surface area (Å²) >= 11 is 6.26. The zero-order valence-corrected chi connectivity index (χ0v) is 12.2. The van der Waals surface area contributed by atoms with Gasteiger partial charge in [0.05, 0.1) is 0 Å². The van der Waals surface area contributed by atoms with Crippen molar-refractivity contribution in [2.75, 3.05) is 0 Å². The number of amides is 1. The molecule has 0 aliphatic rings. The lowest BCUT2D eigenvalue weighted by molar-refractivity contribution is 0.261. The second-order valence-corrected chi connectivity index (χ2v) is 3.68. The van der Waals surface area contributed by atoms with Crippen LogP contribution in [0.4, 0.5) is 4.79 Å². The van der Waals surface area contributed by atoms with Crippen molar-refractivity contribution in [2.45, 2.75) is 0 Å². The van der Waals surface area contributed by atoms with Gasteiger partial charge in [-0.3, -0.25) is 9.59 Å². The number of thiol groups is 2. The highest BCUT2D eigenvalue weighted by Gasteiger charge is 1.83. The maximum atomic E-state index is 9.73. The molecule has 0 unspecified atom stereocenters. The van der Waals surface area contributed by atoms with Crippen LogP contribution >= 0.6 is 25.3 Å². The fraction of sp³-hybridized carbons (Fsp3) is 0. The SMILES string of the molecule is C=Cc1ccccc1.O=C(S)NN=S(=O)=O.O=CS. The van der Waals surface area contributed by atoms with Crippen LogP contribution in [0.25, 0.3) is 6.08 Å². The van der Waals surface area contributed by atoms with E-state index in [1.54, 1.807) is 5.43 Å². The zero-order valence-electron chi connectivity index (χ0n) is 9.63. The Hall–Kier alpha value is -1.58. The summed E-state index contributed by atoms with van der Waals surface area (Å²) in [6.45, 7) is 3.63. The first-order chi connectivity index (χ1) is 8.97. The van der Waals surface area contributed by atoms with Gasteiger partial charge in [-0.1, -0.05) is 60.1 Å². The fourth-order valence-corrected chi connectivity index (χ4v) is 0.941. The van der Waals surface area contributed by atoms with Crippen LogP contribution in [-0.4, -0.2) is 19.3 Å². The Morgan fingerprint density at radius 2 is 1.79 bits per heavy atom. The lowest BCUT2D eigenvalue weighted by Gasteiger charge is -1.85.